The monoisotopic (exact) mass is 386 g/mol. The van der Waals surface area contributed by atoms with Crippen LogP contribution in [0.5, 0.6) is 11.5 Å². The van der Waals surface area contributed by atoms with Crippen LogP contribution in [0.3, 0.4) is 0 Å². The molecule has 0 spiro atoms. The lowest BCUT2D eigenvalue weighted by Gasteiger charge is -2.11. The number of rotatable bonds is 7. The highest BCUT2D eigenvalue weighted by Crippen LogP contribution is 2.29. The number of fused-ring (bicyclic) bond motifs is 1. The second-order valence-corrected chi connectivity index (χ2v) is 6.41. The first kappa shape index (κ1) is 20.0. The van der Waals surface area contributed by atoms with Crippen LogP contribution < -0.4 is 14.8 Å². The van der Waals surface area contributed by atoms with Gasteiger partial charge < -0.3 is 14.8 Å². The van der Waals surface area contributed by atoms with E-state index in [9.17, 15) is 10.1 Å². The third-order valence-electron chi connectivity index (χ3n) is 4.36. The molecule has 0 aromatic heterocycles. The first-order valence-corrected chi connectivity index (χ1v) is 9.38. The summed E-state index contributed by atoms with van der Waals surface area (Å²) in [6.45, 7) is 2.57. The molecule has 1 amide bonds. The molecule has 0 aliphatic heterocycles. The molecule has 0 fully saturated rings. The molecule has 3 aromatic carbocycles. The molecule has 0 bridgehead atoms. The average Bonchev–Trinajstić information content (AvgIpc) is 2.76. The lowest BCUT2D eigenvalue weighted by Crippen LogP contribution is -2.13. The molecule has 0 radical (unpaired) electrons. The van der Waals surface area contributed by atoms with E-state index in [2.05, 4.69) is 5.32 Å². The van der Waals surface area contributed by atoms with Crippen molar-refractivity contribution in [2.45, 2.75) is 13.3 Å². The van der Waals surface area contributed by atoms with Crippen molar-refractivity contribution < 1.29 is 14.3 Å². The fourth-order valence-corrected chi connectivity index (χ4v) is 2.95. The fourth-order valence-electron chi connectivity index (χ4n) is 2.95. The summed E-state index contributed by atoms with van der Waals surface area (Å²) in [6.07, 6.45) is 2.40. The minimum absolute atomic E-state index is 0.00421. The summed E-state index contributed by atoms with van der Waals surface area (Å²) >= 11 is 0. The highest BCUT2D eigenvalue weighted by atomic mass is 16.5. The van der Waals surface area contributed by atoms with Crippen molar-refractivity contribution >= 4 is 28.4 Å². The van der Waals surface area contributed by atoms with E-state index in [1.807, 2.05) is 55.5 Å². The van der Waals surface area contributed by atoms with E-state index >= 15 is 0 Å². The molecular weight excluding hydrogens is 364 g/mol. The summed E-state index contributed by atoms with van der Waals surface area (Å²) in [5.74, 6) is 0.722. The van der Waals surface area contributed by atoms with E-state index in [1.54, 1.807) is 31.4 Å². The van der Waals surface area contributed by atoms with Crippen molar-refractivity contribution in [2.24, 2.45) is 0 Å². The van der Waals surface area contributed by atoms with E-state index in [0.29, 0.717) is 29.4 Å². The Hall–Kier alpha value is -3.78. The van der Waals surface area contributed by atoms with Crippen molar-refractivity contribution in [1.82, 2.24) is 0 Å². The fraction of sp³-hybridized carbons (Fsp3) is 0.167. The average molecular weight is 386 g/mol. The van der Waals surface area contributed by atoms with Gasteiger partial charge in [-0.3, -0.25) is 4.79 Å². The van der Waals surface area contributed by atoms with Gasteiger partial charge in [-0.2, -0.15) is 5.26 Å². The smallest absolute Gasteiger partial charge is 0.266 e. The Kier molecular flexibility index (Phi) is 6.49. The number of carbonyl (C=O) groups excluding carboxylic acids is 1. The van der Waals surface area contributed by atoms with Crippen LogP contribution in [0, 0.1) is 11.3 Å². The Morgan fingerprint density at radius 1 is 1.10 bits per heavy atom. The van der Waals surface area contributed by atoms with Gasteiger partial charge in [-0.1, -0.05) is 49.4 Å². The van der Waals surface area contributed by atoms with Gasteiger partial charge in [0.05, 0.1) is 13.7 Å². The highest BCUT2D eigenvalue weighted by molar-refractivity contribution is 6.12. The topological polar surface area (TPSA) is 71.3 Å². The molecule has 5 nitrogen and oxygen atoms in total. The zero-order valence-corrected chi connectivity index (χ0v) is 16.4. The molecule has 146 valence electrons. The van der Waals surface area contributed by atoms with Gasteiger partial charge in [0.1, 0.15) is 11.6 Å². The molecule has 0 aliphatic carbocycles. The predicted octanol–water partition coefficient (Wildman–Crippen LogP) is 5.18. The first-order valence-electron chi connectivity index (χ1n) is 9.38. The molecule has 5 heteroatoms. The SMILES string of the molecule is CCCOc1cc(/C=C(\C#N)C(=O)Nc2cccc3ccccc23)ccc1OC. The van der Waals surface area contributed by atoms with E-state index in [1.165, 1.54) is 0 Å². The van der Waals surface area contributed by atoms with Gasteiger partial charge in [0.25, 0.3) is 5.91 Å². The zero-order valence-electron chi connectivity index (χ0n) is 16.4. The minimum Gasteiger partial charge on any atom is -0.493 e. The Morgan fingerprint density at radius 3 is 2.66 bits per heavy atom. The summed E-state index contributed by atoms with van der Waals surface area (Å²) in [5.41, 5.74) is 1.35. The minimum atomic E-state index is -0.462. The number of ether oxygens (including phenoxy) is 2. The Balaban J connectivity index is 1.87. The van der Waals surface area contributed by atoms with Gasteiger partial charge in [-0.05, 0) is 41.6 Å². The molecule has 3 aromatic rings. The number of hydrogen-bond donors (Lipinski definition) is 1. The normalized spacial score (nSPS) is 11.0. The van der Waals surface area contributed by atoms with Crippen LogP contribution >= 0.6 is 0 Å². The molecule has 0 saturated heterocycles. The van der Waals surface area contributed by atoms with Crippen LogP contribution in [0.25, 0.3) is 16.8 Å². The van der Waals surface area contributed by atoms with Crippen molar-refractivity contribution in [3.63, 3.8) is 0 Å². The molecule has 0 saturated carbocycles. The van der Waals surface area contributed by atoms with Gasteiger partial charge in [0.15, 0.2) is 11.5 Å². The van der Waals surface area contributed by atoms with Crippen LogP contribution in [-0.4, -0.2) is 19.6 Å². The summed E-state index contributed by atoms with van der Waals surface area (Å²) in [4.78, 5) is 12.7. The second kappa shape index (κ2) is 9.43. The number of amides is 1. The van der Waals surface area contributed by atoms with Crippen LogP contribution in [0.15, 0.2) is 66.2 Å². The zero-order chi connectivity index (χ0) is 20.6. The van der Waals surface area contributed by atoms with Crippen molar-refractivity contribution in [3.05, 3.63) is 71.8 Å². The standard InChI is InChI=1S/C24H22N2O3/c1-3-13-29-23-15-17(11-12-22(23)28-2)14-19(16-25)24(27)26-21-10-6-8-18-7-4-5-9-20(18)21/h4-12,14-15H,3,13H2,1-2H3,(H,26,27)/b19-14+. The Bertz CT molecular complexity index is 1090. The number of nitriles is 1. The number of benzene rings is 3. The molecule has 0 atom stereocenters. The van der Waals surface area contributed by atoms with Crippen molar-refractivity contribution in [3.8, 4) is 17.6 Å². The van der Waals surface area contributed by atoms with Crippen LogP contribution in [0.1, 0.15) is 18.9 Å². The predicted molar refractivity (Wildman–Crippen MR) is 115 cm³/mol. The summed E-state index contributed by atoms with van der Waals surface area (Å²) in [6, 6.07) is 20.7. The number of hydrogen-bond acceptors (Lipinski definition) is 4. The largest absolute Gasteiger partial charge is 0.493 e. The number of methoxy groups -OCH3 is 1. The van der Waals surface area contributed by atoms with Crippen molar-refractivity contribution in [2.75, 3.05) is 19.0 Å². The maximum absolute atomic E-state index is 12.7. The van der Waals surface area contributed by atoms with E-state index in [-0.39, 0.29) is 5.57 Å². The van der Waals surface area contributed by atoms with E-state index in [0.717, 1.165) is 17.2 Å². The quantitative estimate of drug-likeness (QED) is 0.448. The highest BCUT2D eigenvalue weighted by Gasteiger charge is 2.12. The summed E-state index contributed by atoms with van der Waals surface area (Å²) < 4.78 is 11.0. The maximum atomic E-state index is 12.7. The molecule has 29 heavy (non-hydrogen) atoms. The molecule has 0 aliphatic rings. The van der Waals surface area contributed by atoms with Gasteiger partial charge in [-0.15, -0.1) is 0 Å². The third kappa shape index (κ3) is 4.74. The van der Waals surface area contributed by atoms with E-state index < -0.39 is 5.91 Å². The van der Waals surface area contributed by atoms with Gasteiger partial charge in [0.2, 0.25) is 0 Å². The van der Waals surface area contributed by atoms with Crippen LogP contribution in [0.2, 0.25) is 0 Å². The van der Waals surface area contributed by atoms with E-state index in [4.69, 9.17) is 9.47 Å². The Labute approximate surface area is 170 Å². The number of nitrogens with one attached hydrogen (secondary N) is 1. The van der Waals surface area contributed by atoms with Gasteiger partial charge in [0, 0.05) is 11.1 Å². The van der Waals surface area contributed by atoms with Gasteiger partial charge in [-0.25, -0.2) is 0 Å². The molecule has 0 heterocycles. The molecule has 3 rings (SSSR count). The number of nitrogens with zero attached hydrogens (tertiary/aromatic N) is 1. The third-order valence-corrected chi connectivity index (χ3v) is 4.36. The van der Waals surface area contributed by atoms with Crippen LogP contribution in [0.4, 0.5) is 5.69 Å². The maximum Gasteiger partial charge on any atom is 0.266 e. The Morgan fingerprint density at radius 2 is 1.90 bits per heavy atom. The lowest BCUT2D eigenvalue weighted by molar-refractivity contribution is -0.112. The second-order valence-electron chi connectivity index (χ2n) is 6.41. The number of anilines is 1. The first-order chi connectivity index (χ1) is 14.2. The van der Waals surface area contributed by atoms with Crippen molar-refractivity contribution in [1.29, 1.82) is 5.26 Å². The molecule has 1 N–H and O–H groups in total. The molecular formula is C24H22N2O3. The summed E-state index contributed by atoms with van der Waals surface area (Å²) in [7, 11) is 1.57. The number of carbonyl (C=O) groups is 1. The molecule has 0 unspecified atom stereocenters. The van der Waals surface area contributed by atoms with Crippen LogP contribution in [-0.2, 0) is 4.79 Å². The summed E-state index contributed by atoms with van der Waals surface area (Å²) in [5, 5.41) is 14.3. The lowest BCUT2D eigenvalue weighted by atomic mass is 10.1. The van der Waals surface area contributed by atoms with Gasteiger partial charge >= 0.3 is 0 Å².